The van der Waals surface area contributed by atoms with Crippen molar-refractivity contribution in [3.63, 3.8) is 0 Å². The summed E-state index contributed by atoms with van der Waals surface area (Å²) in [7, 11) is -2.54. The topological polar surface area (TPSA) is 92.8 Å². The van der Waals surface area contributed by atoms with Gasteiger partial charge in [0.2, 0.25) is 0 Å². The Hall–Kier alpha value is -3.36. The van der Waals surface area contributed by atoms with Crippen molar-refractivity contribution < 1.29 is 22.7 Å². The highest BCUT2D eigenvalue weighted by Gasteiger charge is 2.24. The van der Waals surface area contributed by atoms with Crippen LogP contribution in [0.15, 0.2) is 71.6 Å². The number of nitrogens with zero attached hydrogens (tertiary/aromatic N) is 1. The minimum atomic E-state index is -3.95. The lowest BCUT2D eigenvalue weighted by Gasteiger charge is -2.20. The van der Waals surface area contributed by atoms with Crippen LogP contribution in [-0.2, 0) is 32.4 Å². The molecule has 0 heterocycles. The van der Waals surface area contributed by atoms with Crippen LogP contribution in [0.25, 0.3) is 0 Å². The number of ether oxygens (including phenoxy) is 1. The molecule has 0 bridgehead atoms. The molecule has 0 aliphatic heterocycles. The maximum Gasteiger partial charge on any atom is 0.340 e. The lowest BCUT2D eigenvalue weighted by atomic mass is 10.1. The largest absolute Gasteiger partial charge is 0.452 e. The minimum absolute atomic E-state index is 0.0188. The molecule has 1 N–H and O–H groups in total. The van der Waals surface area contributed by atoms with Crippen LogP contribution in [0.5, 0.6) is 0 Å². The van der Waals surface area contributed by atoms with E-state index in [1.165, 1.54) is 30.3 Å². The molecule has 0 radical (unpaired) electrons. The number of fused-ring (bicyclic) bond motifs is 1. The van der Waals surface area contributed by atoms with Crippen LogP contribution in [0.2, 0.25) is 5.02 Å². The number of halogens is 1. The highest BCUT2D eigenvalue weighted by atomic mass is 35.5. The van der Waals surface area contributed by atoms with Gasteiger partial charge in [-0.25, -0.2) is 13.2 Å². The van der Waals surface area contributed by atoms with Gasteiger partial charge in [-0.3, -0.25) is 9.10 Å². The van der Waals surface area contributed by atoms with E-state index in [0.717, 1.165) is 29.6 Å². The number of carbonyl (C=O) groups excluding carboxylic acids is 2. The molecule has 1 amide bonds. The van der Waals surface area contributed by atoms with Crippen LogP contribution in [0.1, 0.15) is 27.9 Å². The van der Waals surface area contributed by atoms with Crippen LogP contribution >= 0.6 is 11.6 Å². The van der Waals surface area contributed by atoms with E-state index in [0.29, 0.717) is 11.4 Å². The molecule has 176 valence electrons. The van der Waals surface area contributed by atoms with Gasteiger partial charge in [0.1, 0.15) is 0 Å². The Morgan fingerprint density at radius 1 is 1.00 bits per heavy atom. The quantitative estimate of drug-likeness (QED) is 0.486. The van der Waals surface area contributed by atoms with Crippen molar-refractivity contribution in [2.24, 2.45) is 0 Å². The summed E-state index contributed by atoms with van der Waals surface area (Å²) in [6.45, 7) is -0.535. The Morgan fingerprint density at radius 3 is 2.50 bits per heavy atom. The third kappa shape index (κ3) is 5.08. The van der Waals surface area contributed by atoms with Crippen molar-refractivity contribution in [3.05, 3.63) is 88.4 Å². The number of benzene rings is 3. The van der Waals surface area contributed by atoms with Gasteiger partial charge in [0.05, 0.1) is 21.2 Å². The number of rotatable bonds is 7. The van der Waals surface area contributed by atoms with Gasteiger partial charge >= 0.3 is 5.97 Å². The first-order valence-corrected chi connectivity index (χ1v) is 12.5. The Balaban J connectivity index is 1.44. The maximum atomic E-state index is 13.0. The molecule has 3 aromatic carbocycles. The average molecular weight is 499 g/mol. The number of esters is 1. The zero-order valence-corrected chi connectivity index (χ0v) is 20.0. The Bertz CT molecular complexity index is 1340. The van der Waals surface area contributed by atoms with E-state index >= 15 is 0 Å². The van der Waals surface area contributed by atoms with E-state index in [4.69, 9.17) is 16.3 Å². The predicted octanol–water partition coefficient (Wildman–Crippen LogP) is 4.45. The molecule has 9 heteroatoms. The first-order valence-electron chi connectivity index (χ1n) is 10.7. The van der Waals surface area contributed by atoms with E-state index in [1.54, 1.807) is 30.3 Å². The highest BCUT2D eigenvalue weighted by molar-refractivity contribution is 7.92. The summed E-state index contributed by atoms with van der Waals surface area (Å²) in [5, 5.41) is 2.73. The zero-order chi connectivity index (χ0) is 24.3. The monoisotopic (exact) mass is 498 g/mol. The summed E-state index contributed by atoms with van der Waals surface area (Å²) in [6, 6.07) is 18.0. The van der Waals surface area contributed by atoms with E-state index in [9.17, 15) is 18.0 Å². The predicted molar refractivity (Wildman–Crippen MR) is 131 cm³/mol. The molecule has 7 nitrogen and oxygen atoms in total. The fraction of sp³-hybridized carbons (Fsp3) is 0.200. The first kappa shape index (κ1) is 23.8. The van der Waals surface area contributed by atoms with Crippen molar-refractivity contribution >= 4 is 44.9 Å². The summed E-state index contributed by atoms with van der Waals surface area (Å²) in [4.78, 5) is 24.8. The second-order valence-corrected chi connectivity index (χ2v) is 10.3. The molecule has 1 aliphatic rings. The van der Waals surface area contributed by atoms with Crippen molar-refractivity contribution in [2.45, 2.75) is 24.2 Å². The fourth-order valence-corrected chi connectivity index (χ4v) is 5.23. The SMILES string of the molecule is CN(c1ccccc1)S(=O)(=O)c1ccc(Cl)c(C(=O)OCC(=O)Nc2ccc3c(c2)CCC3)c1. The maximum absolute atomic E-state index is 13.0. The highest BCUT2D eigenvalue weighted by Crippen LogP contribution is 2.27. The van der Waals surface area contributed by atoms with Crippen LogP contribution < -0.4 is 9.62 Å². The molecule has 0 fully saturated rings. The molecule has 1 aliphatic carbocycles. The van der Waals surface area contributed by atoms with Gasteiger partial charge in [0.25, 0.3) is 15.9 Å². The van der Waals surface area contributed by atoms with Gasteiger partial charge in [-0.2, -0.15) is 0 Å². The van der Waals surface area contributed by atoms with Crippen molar-refractivity contribution in [3.8, 4) is 0 Å². The smallest absolute Gasteiger partial charge is 0.340 e. The van der Waals surface area contributed by atoms with E-state index in [1.807, 2.05) is 18.2 Å². The summed E-state index contributed by atoms with van der Waals surface area (Å²) in [5.74, 6) is -1.40. The van der Waals surface area contributed by atoms with Crippen molar-refractivity contribution in [2.75, 3.05) is 23.3 Å². The number of hydrogen-bond donors (Lipinski definition) is 1. The molecule has 0 saturated heterocycles. The lowest BCUT2D eigenvalue weighted by molar-refractivity contribution is -0.119. The van der Waals surface area contributed by atoms with E-state index < -0.39 is 28.5 Å². The van der Waals surface area contributed by atoms with Gasteiger partial charge in [-0.1, -0.05) is 35.9 Å². The van der Waals surface area contributed by atoms with Crippen LogP contribution in [0, 0.1) is 0 Å². The number of nitrogens with one attached hydrogen (secondary N) is 1. The first-order chi connectivity index (χ1) is 16.3. The summed E-state index contributed by atoms with van der Waals surface area (Å²) >= 11 is 6.13. The second-order valence-electron chi connectivity index (χ2n) is 7.91. The van der Waals surface area contributed by atoms with Crippen molar-refractivity contribution in [1.82, 2.24) is 0 Å². The van der Waals surface area contributed by atoms with Gasteiger partial charge in [0.15, 0.2) is 6.61 Å². The number of aryl methyl sites for hydroxylation is 2. The molecule has 0 unspecified atom stereocenters. The number of sulfonamides is 1. The van der Waals surface area contributed by atoms with E-state index in [2.05, 4.69) is 5.32 Å². The molecular weight excluding hydrogens is 476 g/mol. The van der Waals surface area contributed by atoms with E-state index in [-0.39, 0.29) is 15.5 Å². The number of anilines is 2. The van der Waals surface area contributed by atoms with Crippen LogP contribution in [0.3, 0.4) is 0 Å². The molecule has 3 aromatic rings. The van der Waals surface area contributed by atoms with Gasteiger partial charge in [-0.15, -0.1) is 0 Å². The molecular formula is C25H23ClN2O5S. The minimum Gasteiger partial charge on any atom is -0.452 e. The van der Waals surface area contributed by atoms with Crippen LogP contribution in [0.4, 0.5) is 11.4 Å². The number of amides is 1. The summed E-state index contributed by atoms with van der Waals surface area (Å²) < 4.78 is 32.3. The molecule has 0 saturated carbocycles. The summed E-state index contributed by atoms with van der Waals surface area (Å²) in [6.07, 6.45) is 3.12. The van der Waals surface area contributed by atoms with Gasteiger partial charge in [0, 0.05) is 12.7 Å². The Kier molecular flexibility index (Phi) is 6.90. The van der Waals surface area contributed by atoms with Crippen molar-refractivity contribution in [1.29, 1.82) is 0 Å². The third-order valence-electron chi connectivity index (χ3n) is 5.65. The second kappa shape index (κ2) is 9.87. The van der Waals surface area contributed by atoms with Crippen LogP contribution in [-0.4, -0.2) is 33.9 Å². The molecule has 0 aromatic heterocycles. The fourth-order valence-electron chi connectivity index (χ4n) is 3.81. The molecule has 0 spiro atoms. The zero-order valence-electron chi connectivity index (χ0n) is 18.5. The standard InChI is InChI=1S/C25H23ClN2O5S/c1-28(20-8-3-2-4-9-20)34(31,32)21-12-13-23(26)22(15-21)25(30)33-16-24(29)27-19-11-10-17-6-5-7-18(17)14-19/h2-4,8-15H,5-7,16H2,1H3,(H,27,29). The number of carbonyl (C=O) groups is 2. The average Bonchev–Trinajstić information content (AvgIpc) is 3.30. The van der Waals surface area contributed by atoms with Gasteiger partial charge < -0.3 is 10.1 Å². The lowest BCUT2D eigenvalue weighted by Crippen LogP contribution is -2.27. The Labute approximate surface area is 203 Å². The number of para-hydroxylation sites is 1. The molecule has 0 atom stereocenters. The Morgan fingerprint density at radius 2 is 1.74 bits per heavy atom. The summed E-state index contributed by atoms with van der Waals surface area (Å²) in [5.41, 5.74) is 3.45. The molecule has 4 rings (SSSR count). The normalized spacial score (nSPS) is 12.6. The molecule has 34 heavy (non-hydrogen) atoms. The van der Waals surface area contributed by atoms with Gasteiger partial charge in [-0.05, 0) is 72.9 Å². The number of hydrogen-bond acceptors (Lipinski definition) is 5. The third-order valence-corrected chi connectivity index (χ3v) is 7.76.